The van der Waals surface area contributed by atoms with Crippen molar-refractivity contribution in [2.45, 2.75) is 37.9 Å². The van der Waals surface area contributed by atoms with Crippen LogP contribution in [0.15, 0.2) is 18.2 Å². The highest BCUT2D eigenvalue weighted by atomic mass is 16.5. The molecule has 3 heterocycles. The Morgan fingerprint density at radius 3 is 3.16 bits per heavy atom. The minimum atomic E-state index is -0.365. The minimum Gasteiger partial charge on any atom is -0.486 e. The van der Waals surface area contributed by atoms with Crippen LogP contribution in [0.25, 0.3) is 0 Å². The van der Waals surface area contributed by atoms with Crippen LogP contribution < -0.4 is 4.74 Å². The first-order valence-corrected chi connectivity index (χ1v) is 7.36. The molecule has 19 heavy (non-hydrogen) atoms. The summed E-state index contributed by atoms with van der Waals surface area (Å²) in [5, 5.41) is 10.5. The predicted molar refractivity (Wildman–Crippen MR) is 73.3 cm³/mol. The first-order chi connectivity index (χ1) is 9.16. The minimum absolute atomic E-state index is 0.116. The number of aryl methyl sites for hydroxylation is 1. The second-order valence-electron chi connectivity index (χ2n) is 6.46. The van der Waals surface area contributed by atoms with Gasteiger partial charge in [-0.3, -0.25) is 0 Å². The fraction of sp³-hybridized carbons (Fsp3) is 0.625. The van der Waals surface area contributed by atoms with E-state index in [1.807, 2.05) is 6.07 Å². The van der Waals surface area contributed by atoms with Crippen molar-refractivity contribution in [2.75, 3.05) is 19.6 Å². The van der Waals surface area contributed by atoms with E-state index in [-0.39, 0.29) is 11.7 Å². The highest BCUT2D eigenvalue weighted by molar-refractivity contribution is 5.41. The number of ether oxygens (including phenoxy) is 1. The standard InChI is InChI=1S/C16H21NO2/c1-11-2-3-15-13(8-11)14(18)9-16(19-15)5-7-17-6-4-12(16)10-17/h2-3,8,12,14,18H,4-7,9-10H2,1H3/t12?,14-,16?/m1/s1. The molecule has 0 amide bonds. The molecule has 102 valence electrons. The van der Waals surface area contributed by atoms with Gasteiger partial charge < -0.3 is 14.7 Å². The summed E-state index contributed by atoms with van der Waals surface area (Å²) in [7, 11) is 0. The number of fused-ring (bicyclic) bond motifs is 4. The lowest BCUT2D eigenvalue weighted by Crippen LogP contribution is -2.53. The van der Waals surface area contributed by atoms with E-state index in [4.69, 9.17) is 4.74 Å². The lowest BCUT2D eigenvalue weighted by atomic mass is 9.75. The largest absolute Gasteiger partial charge is 0.486 e. The average Bonchev–Trinajstić information content (AvgIpc) is 2.81. The van der Waals surface area contributed by atoms with Gasteiger partial charge >= 0.3 is 0 Å². The van der Waals surface area contributed by atoms with E-state index in [1.54, 1.807) is 0 Å². The normalized spacial score (nSPS) is 40.0. The number of hydrogen-bond donors (Lipinski definition) is 1. The molecule has 0 radical (unpaired) electrons. The van der Waals surface area contributed by atoms with Crippen LogP contribution in [0.2, 0.25) is 0 Å². The van der Waals surface area contributed by atoms with Crippen LogP contribution in [0.4, 0.5) is 0 Å². The van der Waals surface area contributed by atoms with Gasteiger partial charge in [0.05, 0.1) is 6.10 Å². The van der Waals surface area contributed by atoms with Crippen molar-refractivity contribution in [1.82, 2.24) is 4.90 Å². The smallest absolute Gasteiger partial charge is 0.125 e. The Morgan fingerprint density at radius 2 is 2.26 bits per heavy atom. The lowest BCUT2D eigenvalue weighted by Gasteiger charge is -2.47. The SMILES string of the molecule is Cc1ccc2c(c1)[C@H](O)CC1(CCN3CCC1C3)O2. The van der Waals surface area contributed by atoms with Crippen molar-refractivity contribution in [3.8, 4) is 5.75 Å². The van der Waals surface area contributed by atoms with Gasteiger partial charge in [0.25, 0.3) is 0 Å². The van der Waals surface area contributed by atoms with Crippen LogP contribution in [0.5, 0.6) is 5.75 Å². The monoisotopic (exact) mass is 259 g/mol. The molecule has 1 spiro atoms. The summed E-state index contributed by atoms with van der Waals surface area (Å²) in [4.78, 5) is 2.52. The number of aliphatic hydroxyl groups is 1. The Balaban J connectivity index is 1.72. The summed E-state index contributed by atoms with van der Waals surface area (Å²) in [6.45, 7) is 5.53. The molecule has 0 aliphatic carbocycles. The molecule has 0 saturated carbocycles. The lowest BCUT2D eigenvalue weighted by molar-refractivity contribution is -0.0736. The van der Waals surface area contributed by atoms with E-state index < -0.39 is 0 Å². The van der Waals surface area contributed by atoms with Crippen molar-refractivity contribution in [1.29, 1.82) is 0 Å². The van der Waals surface area contributed by atoms with Crippen LogP contribution in [-0.4, -0.2) is 35.2 Å². The molecule has 4 rings (SSSR count). The second-order valence-corrected chi connectivity index (χ2v) is 6.46. The molecular formula is C16H21NO2. The molecule has 1 aromatic rings. The molecule has 0 aromatic heterocycles. The number of aliphatic hydroxyl groups excluding tert-OH is 1. The molecule has 3 aliphatic heterocycles. The van der Waals surface area contributed by atoms with E-state index in [0.717, 1.165) is 37.2 Å². The number of rotatable bonds is 0. The molecule has 3 aliphatic rings. The quantitative estimate of drug-likeness (QED) is 0.776. The molecule has 1 N–H and O–H groups in total. The van der Waals surface area contributed by atoms with Crippen molar-refractivity contribution in [2.24, 2.45) is 5.92 Å². The van der Waals surface area contributed by atoms with E-state index in [2.05, 4.69) is 24.0 Å². The average molecular weight is 259 g/mol. The zero-order valence-electron chi connectivity index (χ0n) is 11.4. The highest BCUT2D eigenvalue weighted by Gasteiger charge is 2.51. The Labute approximate surface area is 114 Å². The van der Waals surface area contributed by atoms with E-state index >= 15 is 0 Å². The molecule has 2 bridgehead atoms. The molecule has 4 atom stereocenters. The zero-order valence-corrected chi connectivity index (χ0v) is 11.4. The van der Waals surface area contributed by atoms with Gasteiger partial charge in [0.2, 0.25) is 0 Å². The third kappa shape index (κ3) is 1.72. The maximum atomic E-state index is 10.5. The van der Waals surface area contributed by atoms with Gasteiger partial charge in [-0.25, -0.2) is 0 Å². The van der Waals surface area contributed by atoms with Crippen LogP contribution in [0, 0.1) is 12.8 Å². The van der Waals surface area contributed by atoms with E-state index in [1.165, 1.54) is 18.5 Å². The third-order valence-electron chi connectivity index (χ3n) is 5.24. The molecule has 3 heteroatoms. The Morgan fingerprint density at radius 1 is 1.37 bits per heavy atom. The van der Waals surface area contributed by atoms with Crippen molar-refractivity contribution < 1.29 is 9.84 Å². The van der Waals surface area contributed by atoms with E-state index in [0.29, 0.717) is 5.92 Å². The van der Waals surface area contributed by atoms with Gasteiger partial charge in [-0.2, -0.15) is 0 Å². The molecular weight excluding hydrogens is 238 g/mol. The summed E-state index contributed by atoms with van der Waals surface area (Å²) in [5.74, 6) is 1.50. The number of piperidine rings is 1. The van der Waals surface area contributed by atoms with Gasteiger partial charge in [-0.15, -0.1) is 0 Å². The van der Waals surface area contributed by atoms with Gasteiger partial charge in [-0.05, 0) is 32.0 Å². The number of nitrogens with zero attached hydrogens (tertiary/aromatic N) is 1. The van der Waals surface area contributed by atoms with Gasteiger partial charge in [0.1, 0.15) is 11.4 Å². The third-order valence-corrected chi connectivity index (χ3v) is 5.24. The molecule has 2 saturated heterocycles. The molecule has 3 nitrogen and oxygen atoms in total. The number of hydrogen-bond acceptors (Lipinski definition) is 3. The highest BCUT2D eigenvalue weighted by Crippen LogP contribution is 2.49. The summed E-state index contributed by atoms with van der Waals surface area (Å²) in [6.07, 6.45) is 2.67. The van der Waals surface area contributed by atoms with Crippen LogP contribution in [0.3, 0.4) is 0 Å². The van der Waals surface area contributed by atoms with Crippen LogP contribution in [0.1, 0.15) is 36.5 Å². The fourth-order valence-electron chi connectivity index (χ4n) is 4.14. The maximum Gasteiger partial charge on any atom is 0.125 e. The summed E-state index contributed by atoms with van der Waals surface area (Å²) >= 11 is 0. The molecule has 3 unspecified atom stereocenters. The maximum absolute atomic E-state index is 10.5. The van der Waals surface area contributed by atoms with Crippen molar-refractivity contribution in [3.63, 3.8) is 0 Å². The van der Waals surface area contributed by atoms with E-state index in [9.17, 15) is 5.11 Å². The summed E-state index contributed by atoms with van der Waals surface area (Å²) < 4.78 is 6.43. The topological polar surface area (TPSA) is 32.7 Å². The van der Waals surface area contributed by atoms with Gasteiger partial charge in [0.15, 0.2) is 0 Å². The molecule has 2 fully saturated rings. The Hall–Kier alpha value is -1.06. The van der Waals surface area contributed by atoms with Gasteiger partial charge in [0, 0.05) is 37.4 Å². The fourth-order valence-corrected chi connectivity index (χ4v) is 4.14. The van der Waals surface area contributed by atoms with Crippen LogP contribution in [-0.2, 0) is 0 Å². The van der Waals surface area contributed by atoms with Gasteiger partial charge in [-0.1, -0.05) is 11.6 Å². The van der Waals surface area contributed by atoms with Crippen LogP contribution >= 0.6 is 0 Å². The van der Waals surface area contributed by atoms with Crippen molar-refractivity contribution in [3.05, 3.63) is 29.3 Å². The Kier molecular flexibility index (Phi) is 2.45. The molecule has 1 aromatic carbocycles. The Bertz CT molecular complexity index is 515. The number of benzene rings is 1. The predicted octanol–water partition coefficient (Wildman–Crippen LogP) is 2.28. The summed E-state index contributed by atoms with van der Waals surface area (Å²) in [6, 6.07) is 6.18. The zero-order chi connectivity index (χ0) is 13.0. The second kappa shape index (κ2) is 3.97. The van der Waals surface area contributed by atoms with Crippen molar-refractivity contribution >= 4 is 0 Å². The first-order valence-electron chi connectivity index (χ1n) is 7.36. The first kappa shape index (κ1) is 11.7. The summed E-state index contributed by atoms with van der Waals surface area (Å²) in [5.41, 5.74) is 2.05.